The molecule has 0 amide bonds. The first-order valence-electron chi connectivity index (χ1n) is 8.10. The molecule has 0 fully saturated rings. The second-order valence-corrected chi connectivity index (χ2v) is 5.84. The first kappa shape index (κ1) is 17.5. The monoisotopic (exact) mass is 292 g/mol. The highest BCUT2D eigenvalue weighted by molar-refractivity contribution is 5.70. The van der Waals surface area contributed by atoms with Crippen molar-refractivity contribution < 1.29 is 15.0 Å². The number of carboxylic acid groups (broad SMARTS) is 1. The third kappa shape index (κ3) is 6.19. The number of phenols is 1. The Kier molecular flexibility index (Phi) is 7.88. The van der Waals surface area contributed by atoms with E-state index in [0.29, 0.717) is 6.42 Å². The van der Waals surface area contributed by atoms with Gasteiger partial charge in [-0.1, -0.05) is 51.7 Å². The minimum absolute atomic E-state index is 0.258. The molecule has 0 aromatic heterocycles. The smallest absolute Gasteiger partial charge is 0.306 e. The Morgan fingerprint density at radius 2 is 1.62 bits per heavy atom. The zero-order chi connectivity index (χ0) is 15.7. The maximum absolute atomic E-state index is 11.5. The van der Waals surface area contributed by atoms with Crippen molar-refractivity contribution >= 4 is 5.97 Å². The van der Waals surface area contributed by atoms with Crippen LogP contribution in [0.2, 0.25) is 0 Å². The van der Waals surface area contributed by atoms with Crippen LogP contribution in [0.25, 0.3) is 0 Å². The lowest BCUT2D eigenvalue weighted by Gasteiger charge is -2.21. The Labute approximate surface area is 128 Å². The molecule has 1 aromatic rings. The molecule has 2 N–H and O–H groups in total. The summed E-state index contributed by atoms with van der Waals surface area (Å²) in [6, 6.07) is 7.23. The lowest BCUT2D eigenvalue weighted by atomic mass is 9.83. The highest BCUT2D eigenvalue weighted by Gasteiger charge is 2.23. The van der Waals surface area contributed by atoms with Gasteiger partial charge in [0.2, 0.25) is 0 Å². The van der Waals surface area contributed by atoms with Gasteiger partial charge in [-0.05, 0) is 42.9 Å². The van der Waals surface area contributed by atoms with Crippen molar-refractivity contribution in [2.45, 2.75) is 64.7 Å². The van der Waals surface area contributed by atoms with E-state index in [9.17, 15) is 15.0 Å². The largest absolute Gasteiger partial charge is 0.508 e. The quantitative estimate of drug-likeness (QED) is 0.641. The van der Waals surface area contributed by atoms with Gasteiger partial charge in [-0.25, -0.2) is 0 Å². The second kappa shape index (κ2) is 9.43. The third-order valence-corrected chi connectivity index (χ3v) is 4.10. The van der Waals surface area contributed by atoms with Crippen LogP contribution in [0.4, 0.5) is 0 Å². The number of hydrogen-bond acceptors (Lipinski definition) is 2. The highest BCUT2D eigenvalue weighted by Crippen LogP contribution is 2.32. The van der Waals surface area contributed by atoms with Crippen molar-refractivity contribution in [1.82, 2.24) is 0 Å². The van der Waals surface area contributed by atoms with E-state index in [-0.39, 0.29) is 17.6 Å². The predicted molar refractivity (Wildman–Crippen MR) is 85.6 cm³/mol. The summed E-state index contributed by atoms with van der Waals surface area (Å²) < 4.78 is 0. The van der Waals surface area contributed by atoms with E-state index < -0.39 is 5.97 Å². The van der Waals surface area contributed by atoms with E-state index in [1.807, 2.05) is 12.1 Å². The molecule has 2 unspecified atom stereocenters. The molecule has 3 heteroatoms. The fourth-order valence-corrected chi connectivity index (χ4v) is 2.75. The van der Waals surface area contributed by atoms with Gasteiger partial charge in [-0.3, -0.25) is 4.79 Å². The van der Waals surface area contributed by atoms with Crippen LogP contribution in [-0.2, 0) is 4.79 Å². The minimum Gasteiger partial charge on any atom is -0.508 e. The van der Waals surface area contributed by atoms with Gasteiger partial charge in [-0.15, -0.1) is 0 Å². The molecule has 0 spiro atoms. The zero-order valence-electron chi connectivity index (χ0n) is 13.2. The van der Waals surface area contributed by atoms with Gasteiger partial charge in [0.05, 0.1) is 5.92 Å². The number of phenolic OH excluding ortho intramolecular Hbond substituents is 1. The van der Waals surface area contributed by atoms with Crippen molar-refractivity contribution in [3.05, 3.63) is 29.8 Å². The fraction of sp³-hybridized carbons (Fsp3) is 0.611. The van der Waals surface area contributed by atoms with E-state index >= 15 is 0 Å². The molecule has 0 radical (unpaired) electrons. The first-order chi connectivity index (χ1) is 10.1. The zero-order valence-corrected chi connectivity index (χ0v) is 13.2. The summed E-state index contributed by atoms with van der Waals surface area (Å²) in [4.78, 5) is 11.5. The summed E-state index contributed by atoms with van der Waals surface area (Å²) in [6.07, 6.45) is 6.67. The van der Waals surface area contributed by atoms with Crippen molar-refractivity contribution in [3.63, 3.8) is 0 Å². The van der Waals surface area contributed by atoms with Crippen LogP contribution in [0.5, 0.6) is 5.75 Å². The van der Waals surface area contributed by atoms with Crippen LogP contribution >= 0.6 is 0 Å². The molecule has 0 bridgehead atoms. The van der Waals surface area contributed by atoms with E-state index in [0.717, 1.165) is 44.1 Å². The average molecular weight is 292 g/mol. The van der Waals surface area contributed by atoms with E-state index in [1.54, 1.807) is 12.1 Å². The van der Waals surface area contributed by atoms with Gasteiger partial charge in [0.25, 0.3) is 0 Å². The van der Waals surface area contributed by atoms with Gasteiger partial charge in [0.1, 0.15) is 5.75 Å². The van der Waals surface area contributed by atoms with Gasteiger partial charge in [0.15, 0.2) is 0 Å². The molecular weight excluding hydrogens is 264 g/mol. The third-order valence-electron chi connectivity index (χ3n) is 4.10. The van der Waals surface area contributed by atoms with Crippen LogP contribution in [0, 0.1) is 5.92 Å². The molecule has 1 rings (SSSR count). The minimum atomic E-state index is -0.677. The summed E-state index contributed by atoms with van der Waals surface area (Å²) in [7, 11) is 0. The van der Waals surface area contributed by atoms with Gasteiger partial charge in [0, 0.05) is 0 Å². The lowest BCUT2D eigenvalue weighted by molar-refractivity contribution is -0.142. The van der Waals surface area contributed by atoms with E-state index in [4.69, 9.17) is 0 Å². The molecule has 0 aliphatic carbocycles. The Hall–Kier alpha value is -1.51. The number of hydrogen-bond donors (Lipinski definition) is 2. The molecule has 0 aliphatic rings. The highest BCUT2D eigenvalue weighted by atomic mass is 16.4. The van der Waals surface area contributed by atoms with Gasteiger partial charge < -0.3 is 10.2 Å². The Bertz CT molecular complexity index is 411. The number of carboxylic acids is 1. The molecule has 0 aliphatic heterocycles. The molecule has 1 aromatic carbocycles. The summed E-state index contributed by atoms with van der Waals surface area (Å²) in [5, 5.41) is 18.8. The normalized spacial score (nSPS) is 13.8. The summed E-state index contributed by atoms with van der Waals surface area (Å²) >= 11 is 0. The van der Waals surface area contributed by atoms with Crippen LogP contribution in [0.1, 0.15) is 70.3 Å². The number of rotatable bonds is 10. The second-order valence-electron chi connectivity index (χ2n) is 5.84. The van der Waals surface area contributed by atoms with Crippen molar-refractivity contribution in [2.24, 2.45) is 5.92 Å². The average Bonchev–Trinajstić information content (AvgIpc) is 2.47. The van der Waals surface area contributed by atoms with Crippen LogP contribution in [0.3, 0.4) is 0 Å². The maximum atomic E-state index is 11.5. The van der Waals surface area contributed by atoms with Crippen molar-refractivity contribution in [2.75, 3.05) is 0 Å². The molecule has 3 nitrogen and oxygen atoms in total. The van der Waals surface area contributed by atoms with Crippen LogP contribution < -0.4 is 0 Å². The molecule has 0 saturated heterocycles. The van der Waals surface area contributed by atoms with Crippen LogP contribution in [0.15, 0.2) is 24.3 Å². The molecule has 0 heterocycles. The van der Waals surface area contributed by atoms with Gasteiger partial charge in [-0.2, -0.15) is 0 Å². The number of aromatic hydroxyl groups is 1. The van der Waals surface area contributed by atoms with E-state index in [1.165, 1.54) is 0 Å². The summed E-state index contributed by atoms with van der Waals surface area (Å²) in [5.74, 6) is -0.415. The number of aliphatic carboxylic acids is 1. The summed E-state index contributed by atoms with van der Waals surface area (Å²) in [5.41, 5.74) is 1.14. The molecule has 2 atom stereocenters. The molecule has 21 heavy (non-hydrogen) atoms. The van der Waals surface area contributed by atoms with Crippen molar-refractivity contribution in [1.29, 1.82) is 0 Å². The first-order valence-corrected chi connectivity index (χ1v) is 8.10. The lowest BCUT2D eigenvalue weighted by Crippen LogP contribution is -2.17. The van der Waals surface area contributed by atoms with E-state index in [2.05, 4.69) is 13.8 Å². The maximum Gasteiger partial charge on any atom is 0.306 e. The molecular formula is C18H28O3. The Morgan fingerprint density at radius 1 is 1.05 bits per heavy atom. The Balaban J connectivity index is 2.80. The topological polar surface area (TPSA) is 57.5 Å². The van der Waals surface area contributed by atoms with Gasteiger partial charge >= 0.3 is 5.97 Å². The SMILES string of the molecule is CCCCC(CC(CCCC)c1ccc(O)cc1)C(=O)O. The molecule has 118 valence electrons. The predicted octanol–water partition coefficient (Wildman–Crippen LogP) is 4.95. The number of carbonyl (C=O) groups is 1. The Morgan fingerprint density at radius 3 is 2.14 bits per heavy atom. The summed E-state index contributed by atoms with van der Waals surface area (Å²) in [6.45, 7) is 4.24. The van der Waals surface area contributed by atoms with Crippen LogP contribution in [-0.4, -0.2) is 16.2 Å². The fourth-order valence-electron chi connectivity index (χ4n) is 2.75. The molecule has 0 saturated carbocycles. The number of unbranched alkanes of at least 4 members (excludes halogenated alkanes) is 2. The van der Waals surface area contributed by atoms with Crippen molar-refractivity contribution in [3.8, 4) is 5.75 Å². The number of benzene rings is 1. The standard InChI is InChI=1S/C18H28O3/c1-3-5-7-15(14-9-11-17(19)12-10-14)13-16(18(20)21)8-6-4-2/h9-12,15-16,19H,3-8,13H2,1-2H3,(H,20,21).